The van der Waals surface area contributed by atoms with Gasteiger partial charge in [-0.1, -0.05) is 63.1 Å². The van der Waals surface area contributed by atoms with Gasteiger partial charge in [-0.3, -0.25) is 0 Å². The maximum Gasteiger partial charge on any atom is 0.0452 e. The maximum atomic E-state index is 6.92. The Balaban J connectivity index is 2.11. The molecule has 4 rings (SSSR count). The summed E-state index contributed by atoms with van der Waals surface area (Å²) in [4.78, 5) is 0. The molecule has 0 unspecified atom stereocenters. The van der Waals surface area contributed by atoms with Crippen LogP contribution in [0.25, 0.3) is 0 Å². The summed E-state index contributed by atoms with van der Waals surface area (Å²) in [5, 5.41) is 0.962. The summed E-state index contributed by atoms with van der Waals surface area (Å²) >= 11 is 6.92. The molecule has 0 aromatic heterocycles. The average Bonchev–Trinajstić information content (AvgIpc) is 2.77. The van der Waals surface area contributed by atoms with Crippen LogP contribution in [0.5, 0.6) is 0 Å². The Labute approximate surface area is 157 Å². The molecule has 0 N–H and O–H groups in total. The van der Waals surface area contributed by atoms with Crippen molar-refractivity contribution in [3.63, 3.8) is 0 Å². The van der Waals surface area contributed by atoms with E-state index in [0.29, 0.717) is 0 Å². The molecular weight excluding hydrogens is 324 g/mol. The smallest absolute Gasteiger partial charge is 0.0452 e. The van der Waals surface area contributed by atoms with Gasteiger partial charge in [-0.2, -0.15) is 0 Å². The van der Waals surface area contributed by atoms with Gasteiger partial charge in [0.25, 0.3) is 0 Å². The van der Waals surface area contributed by atoms with Crippen LogP contribution < -0.4 is 0 Å². The second-order valence-corrected chi connectivity index (χ2v) is 10.3. The van der Waals surface area contributed by atoms with Crippen molar-refractivity contribution >= 4 is 11.6 Å². The minimum Gasteiger partial charge on any atom is -0.0840 e. The zero-order valence-corrected chi connectivity index (χ0v) is 17.4. The number of fused-ring (bicyclic) bond motifs is 4. The number of benzene rings is 2. The molecule has 2 aliphatic carbocycles. The van der Waals surface area contributed by atoms with Crippen molar-refractivity contribution in [3.8, 4) is 0 Å². The van der Waals surface area contributed by atoms with E-state index in [9.17, 15) is 0 Å². The first-order valence-electron chi connectivity index (χ1n) is 9.41. The summed E-state index contributed by atoms with van der Waals surface area (Å²) in [6.07, 6.45) is 2.30. The third-order valence-corrected chi connectivity index (χ3v) is 6.92. The van der Waals surface area contributed by atoms with Gasteiger partial charge in [0.05, 0.1) is 0 Å². The van der Waals surface area contributed by atoms with Gasteiger partial charge in [-0.05, 0) is 83.9 Å². The number of hydrogen-bond acceptors (Lipinski definition) is 0. The Bertz CT molecular complexity index is 823. The summed E-state index contributed by atoms with van der Waals surface area (Å²) in [5.41, 5.74) is 10.4. The third-order valence-electron chi connectivity index (χ3n) is 6.62. The van der Waals surface area contributed by atoms with E-state index in [1.54, 1.807) is 5.56 Å². The highest BCUT2D eigenvalue weighted by atomic mass is 35.5. The minimum atomic E-state index is 0.0558. The van der Waals surface area contributed by atoms with Gasteiger partial charge >= 0.3 is 0 Å². The molecule has 0 bridgehead atoms. The standard InChI is InChI=1S/C24H29Cl/c1-14-8-16(3)20-17(9-14)22(4,5)12-24(20)13-23(6,7)18-10-15(2)11-19(25)21(18)24/h8-11H,12-13H2,1-7H3/t24-/m0/s1. The van der Waals surface area contributed by atoms with Gasteiger partial charge in [-0.25, -0.2) is 0 Å². The zero-order chi connectivity index (χ0) is 18.4. The highest BCUT2D eigenvalue weighted by Crippen LogP contribution is 2.64. The first kappa shape index (κ1) is 17.2. The van der Waals surface area contributed by atoms with Crippen molar-refractivity contribution < 1.29 is 0 Å². The zero-order valence-electron chi connectivity index (χ0n) is 16.6. The lowest BCUT2D eigenvalue weighted by atomic mass is 9.71. The topological polar surface area (TPSA) is 0 Å². The molecule has 1 atom stereocenters. The van der Waals surface area contributed by atoms with E-state index in [2.05, 4.69) is 72.7 Å². The van der Waals surface area contributed by atoms with Gasteiger partial charge in [0.15, 0.2) is 0 Å². The Hall–Kier alpha value is -1.27. The molecular formula is C24H29Cl. The quantitative estimate of drug-likeness (QED) is 0.483. The van der Waals surface area contributed by atoms with Gasteiger partial charge in [0.2, 0.25) is 0 Å². The summed E-state index contributed by atoms with van der Waals surface area (Å²) in [7, 11) is 0. The first-order valence-corrected chi connectivity index (χ1v) is 9.79. The van der Waals surface area contributed by atoms with Crippen LogP contribution in [0.2, 0.25) is 5.02 Å². The van der Waals surface area contributed by atoms with E-state index in [0.717, 1.165) is 17.9 Å². The van der Waals surface area contributed by atoms with E-state index in [-0.39, 0.29) is 16.2 Å². The second kappa shape index (κ2) is 4.92. The van der Waals surface area contributed by atoms with Crippen LogP contribution in [0.1, 0.15) is 79.5 Å². The molecule has 2 aliphatic rings. The van der Waals surface area contributed by atoms with Crippen LogP contribution in [-0.2, 0) is 16.2 Å². The fourth-order valence-corrected chi connectivity index (χ4v) is 6.59. The molecule has 132 valence electrons. The van der Waals surface area contributed by atoms with Crippen LogP contribution in [0.3, 0.4) is 0 Å². The van der Waals surface area contributed by atoms with Crippen LogP contribution in [0.4, 0.5) is 0 Å². The van der Waals surface area contributed by atoms with Crippen molar-refractivity contribution in [2.24, 2.45) is 0 Å². The van der Waals surface area contributed by atoms with Crippen molar-refractivity contribution in [2.45, 2.75) is 77.6 Å². The van der Waals surface area contributed by atoms with Gasteiger partial charge in [0.1, 0.15) is 0 Å². The van der Waals surface area contributed by atoms with Crippen LogP contribution >= 0.6 is 11.6 Å². The van der Waals surface area contributed by atoms with Crippen molar-refractivity contribution in [1.29, 1.82) is 0 Å². The van der Waals surface area contributed by atoms with Gasteiger partial charge in [-0.15, -0.1) is 0 Å². The van der Waals surface area contributed by atoms with Crippen molar-refractivity contribution in [1.82, 2.24) is 0 Å². The SMILES string of the molecule is Cc1cc(C)c2c(c1)C(C)(C)C[C@]21CC(C)(C)c2cc(C)cc(Cl)c21. The molecule has 0 aliphatic heterocycles. The Morgan fingerprint density at radius 1 is 0.720 bits per heavy atom. The molecule has 2 aromatic carbocycles. The molecule has 0 heterocycles. The normalized spacial score (nSPS) is 25.3. The highest BCUT2D eigenvalue weighted by molar-refractivity contribution is 6.31. The van der Waals surface area contributed by atoms with E-state index in [1.807, 2.05) is 0 Å². The number of hydrogen-bond donors (Lipinski definition) is 0. The van der Waals surface area contributed by atoms with E-state index < -0.39 is 0 Å². The van der Waals surface area contributed by atoms with Gasteiger partial charge < -0.3 is 0 Å². The molecule has 0 fully saturated rings. The lowest BCUT2D eigenvalue weighted by Crippen LogP contribution is -2.27. The summed E-state index contributed by atoms with van der Waals surface area (Å²) in [6, 6.07) is 9.32. The van der Waals surface area contributed by atoms with E-state index >= 15 is 0 Å². The maximum absolute atomic E-state index is 6.92. The number of halogens is 1. The fourth-order valence-electron chi connectivity index (χ4n) is 6.14. The summed E-state index contributed by atoms with van der Waals surface area (Å²) in [5.74, 6) is 0. The lowest BCUT2D eigenvalue weighted by Gasteiger charge is -2.32. The van der Waals surface area contributed by atoms with Gasteiger partial charge in [0, 0.05) is 10.4 Å². The van der Waals surface area contributed by atoms with Crippen molar-refractivity contribution in [3.05, 3.63) is 68.2 Å². The molecule has 25 heavy (non-hydrogen) atoms. The molecule has 0 nitrogen and oxygen atoms in total. The third kappa shape index (κ3) is 2.19. The Morgan fingerprint density at radius 3 is 1.76 bits per heavy atom. The van der Waals surface area contributed by atoms with Crippen LogP contribution in [-0.4, -0.2) is 0 Å². The molecule has 0 amide bonds. The largest absolute Gasteiger partial charge is 0.0840 e. The second-order valence-electron chi connectivity index (χ2n) is 9.88. The molecule has 1 spiro atoms. The lowest BCUT2D eigenvalue weighted by molar-refractivity contribution is 0.349. The minimum absolute atomic E-state index is 0.0558. The van der Waals surface area contributed by atoms with E-state index in [4.69, 9.17) is 11.6 Å². The Kier molecular flexibility index (Phi) is 3.37. The van der Waals surface area contributed by atoms with Crippen LogP contribution in [0.15, 0.2) is 24.3 Å². The number of rotatable bonds is 0. The molecule has 0 radical (unpaired) electrons. The summed E-state index contributed by atoms with van der Waals surface area (Å²) in [6.45, 7) is 16.3. The first-order chi connectivity index (χ1) is 11.5. The highest BCUT2D eigenvalue weighted by Gasteiger charge is 2.57. The molecule has 0 saturated carbocycles. The fraction of sp³-hybridized carbons (Fsp3) is 0.500. The monoisotopic (exact) mass is 352 g/mol. The van der Waals surface area contributed by atoms with Crippen molar-refractivity contribution in [2.75, 3.05) is 0 Å². The summed E-state index contributed by atoms with van der Waals surface area (Å²) < 4.78 is 0. The molecule has 1 heteroatoms. The molecule has 0 saturated heterocycles. The molecule has 2 aromatic rings. The Morgan fingerprint density at radius 2 is 1.20 bits per heavy atom. The predicted octanol–water partition coefficient (Wildman–Crippen LogP) is 6.91. The van der Waals surface area contributed by atoms with Crippen LogP contribution in [0, 0.1) is 20.8 Å². The number of aryl methyl sites for hydroxylation is 3. The predicted molar refractivity (Wildman–Crippen MR) is 108 cm³/mol. The average molecular weight is 353 g/mol. The van der Waals surface area contributed by atoms with E-state index in [1.165, 1.54) is 33.4 Å².